The summed E-state index contributed by atoms with van der Waals surface area (Å²) in [5, 5.41) is 11.0. The van der Waals surface area contributed by atoms with E-state index in [1.165, 1.54) is 0 Å². The molecule has 0 atom stereocenters. The molecule has 0 aromatic carbocycles. The van der Waals surface area contributed by atoms with Gasteiger partial charge in [0.05, 0.1) is 11.4 Å². The highest BCUT2D eigenvalue weighted by Gasteiger charge is 2.10. The second-order valence-electron chi connectivity index (χ2n) is 4.37. The summed E-state index contributed by atoms with van der Waals surface area (Å²) in [5.41, 5.74) is 3.04. The van der Waals surface area contributed by atoms with Crippen LogP contribution in [0.25, 0.3) is 0 Å². The van der Waals surface area contributed by atoms with Crippen molar-refractivity contribution in [3.05, 3.63) is 23.8 Å². The van der Waals surface area contributed by atoms with E-state index in [1.807, 2.05) is 31.8 Å². The van der Waals surface area contributed by atoms with Crippen molar-refractivity contribution in [1.29, 1.82) is 0 Å². The van der Waals surface area contributed by atoms with Crippen molar-refractivity contribution in [2.75, 3.05) is 17.2 Å². The van der Waals surface area contributed by atoms with Crippen molar-refractivity contribution in [3.8, 4) is 0 Å². The van der Waals surface area contributed by atoms with Crippen LogP contribution in [0.2, 0.25) is 0 Å². The van der Waals surface area contributed by atoms with Gasteiger partial charge in [-0.25, -0.2) is 9.97 Å². The Morgan fingerprint density at radius 3 is 2.63 bits per heavy atom. The van der Waals surface area contributed by atoms with Gasteiger partial charge in [0.25, 0.3) is 0 Å². The summed E-state index contributed by atoms with van der Waals surface area (Å²) < 4.78 is 1.81. The molecule has 0 spiro atoms. The highest BCUT2D eigenvalue weighted by Crippen LogP contribution is 2.24. The fourth-order valence-corrected chi connectivity index (χ4v) is 1.95. The molecule has 2 aromatic rings. The highest BCUT2D eigenvalue weighted by atomic mass is 15.3. The highest BCUT2D eigenvalue weighted by molar-refractivity contribution is 5.65. The van der Waals surface area contributed by atoms with Gasteiger partial charge in [-0.05, 0) is 20.3 Å². The molecular formula is C13H20N6. The van der Waals surface area contributed by atoms with Gasteiger partial charge in [-0.15, -0.1) is 0 Å². The first-order chi connectivity index (χ1) is 9.15. The normalized spacial score (nSPS) is 10.5. The molecule has 0 saturated carbocycles. The fraction of sp³-hybridized carbons (Fsp3) is 0.462. The minimum Gasteiger partial charge on any atom is -0.370 e. The van der Waals surface area contributed by atoms with Gasteiger partial charge >= 0.3 is 0 Å². The third-order valence-corrected chi connectivity index (χ3v) is 2.92. The maximum absolute atomic E-state index is 4.41. The number of hydrogen-bond donors (Lipinski definition) is 2. The van der Waals surface area contributed by atoms with Crippen LogP contribution in [-0.4, -0.2) is 26.3 Å². The molecule has 0 aliphatic heterocycles. The molecule has 0 bridgehead atoms. The summed E-state index contributed by atoms with van der Waals surface area (Å²) in [6, 6.07) is 0. The van der Waals surface area contributed by atoms with E-state index in [0.29, 0.717) is 0 Å². The molecule has 6 heteroatoms. The molecule has 0 aliphatic carbocycles. The smallest absolute Gasteiger partial charge is 0.138 e. The largest absolute Gasteiger partial charge is 0.370 e. The third kappa shape index (κ3) is 2.83. The number of rotatable bonds is 5. The number of nitrogens with zero attached hydrogens (tertiary/aromatic N) is 4. The first-order valence-electron chi connectivity index (χ1n) is 6.50. The Balaban J connectivity index is 2.30. The van der Waals surface area contributed by atoms with E-state index in [4.69, 9.17) is 0 Å². The van der Waals surface area contributed by atoms with Crippen LogP contribution >= 0.6 is 0 Å². The standard InChI is InChI=1S/C13H20N6/c1-5-10-11(7-19(4)18-10)17-13-9(3)12(14-6-2)15-8-16-13/h7-8H,5-6H2,1-4H3,(H2,14,15,16,17). The van der Waals surface area contributed by atoms with Gasteiger partial charge in [-0.2, -0.15) is 5.10 Å². The minimum atomic E-state index is 0.814. The predicted octanol–water partition coefficient (Wildman–Crippen LogP) is 2.26. The molecule has 2 heterocycles. The molecule has 0 aliphatic rings. The molecule has 0 fully saturated rings. The number of aromatic nitrogens is 4. The molecule has 2 aromatic heterocycles. The molecule has 102 valence electrons. The van der Waals surface area contributed by atoms with Crippen LogP contribution < -0.4 is 10.6 Å². The molecular weight excluding hydrogens is 240 g/mol. The maximum Gasteiger partial charge on any atom is 0.138 e. The first-order valence-corrected chi connectivity index (χ1v) is 6.50. The summed E-state index contributed by atoms with van der Waals surface area (Å²) in [4.78, 5) is 8.54. The number of anilines is 3. The third-order valence-electron chi connectivity index (χ3n) is 2.92. The molecule has 6 nitrogen and oxygen atoms in total. The van der Waals surface area contributed by atoms with Gasteiger partial charge in [-0.1, -0.05) is 6.92 Å². The first kappa shape index (κ1) is 13.3. The summed E-state index contributed by atoms with van der Waals surface area (Å²) in [6.45, 7) is 6.97. The lowest BCUT2D eigenvalue weighted by Crippen LogP contribution is -2.05. The van der Waals surface area contributed by atoms with Gasteiger partial charge in [0.2, 0.25) is 0 Å². The van der Waals surface area contributed by atoms with E-state index >= 15 is 0 Å². The van der Waals surface area contributed by atoms with E-state index in [2.05, 4.69) is 32.6 Å². The Morgan fingerprint density at radius 2 is 1.95 bits per heavy atom. The Kier molecular flexibility index (Phi) is 3.99. The van der Waals surface area contributed by atoms with E-state index in [-0.39, 0.29) is 0 Å². The number of aryl methyl sites for hydroxylation is 2. The van der Waals surface area contributed by atoms with Crippen molar-refractivity contribution >= 4 is 17.3 Å². The monoisotopic (exact) mass is 260 g/mol. The van der Waals surface area contributed by atoms with Gasteiger partial charge in [0, 0.05) is 25.4 Å². The lowest BCUT2D eigenvalue weighted by atomic mass is 10.2. The van der Waals surface area contributed by atoms with Crippen LogP contribution in [0.1, 0.15) is 25.1 Å². The molecule has 0 radical (unpaired) electrons. The molecule has 2 N–H and O–H groups in total. The van der Waals surface area contributed by atoms with Crippen molar-refractivity contribution < 1.29 is 0 Å². The van der Waals surface area contributed by atoms with Gasteiger partial charge in [0.15, 0.2) is 0 Å². The zero-order chi connectivity index (χ0) is 13.8. The van der Waals surface area contributed by atoms with E-state index in [1.54, 1.807) is 6.33 Å². The van der Waals surface area contributed by atoms with Crippen LogP contribution in [0.15, 0.2) is 12.5 Å². The van der Waals surface area contributed by atoms with Gasteiger partial charge in [0.1, 0.15) is 18.0 Å². The number of hydrogen-bond acceptors (Lipinski definition) is 5. The Morgan fingerprint density at radius 1 is 1.21 bits per heavy atom. The predicted molar refractivity (Wildman–Crippen MR) is 76.8 cm³/mol. The zero-order valence-corrected chi connectivity index (χ0v) is 11.9. The Bertz CT molecular complexity index is 560. The SMILES string of the molecule is CCNc1ncnc(Nc2cn(C)nc2CC)c1C. The molecule has 19 heavy (non-hydrogen) atoms. The lowest BCUT2D eigenvalue weighted by molar-refractivity contribution is 0.746. The Labute approximate surface area is 113 Å². The summed E-state index contributed by atoms with van der Waals surface area (Å²) in [7, 11) is 1.92. The van der Waals surface area contributed by atoms with Crippen LogP contribution in [0.4, 0.5) is 17.3 Å². The van der Waals surface area contributed by atoms with E-state index < -0.39 is 0 Å². The topological polar surface area (TPSA) is 67.7 Å². The van der Waals surface area contributed by atoms with Gasteiger partial charge in [-0.3, -0.25) is 4.68 Å². The Hall–Kier alpha value is -2.11. The molecule has 0 unspecified atom stereocenters. The number of nitrogens with one attached hydrogen (secondary N) is 2. The van der Waals surface area contributed by atoms with Crippen molar-refractivity contribution in [3.63, 3.8) is 0 Å². The fourth-order valence-electron chi connectivity index (χ4n) is 1.95. The zero-order valence-electron chi connectivity index (χ0n) is 11.9. The van der Waals surface area contributed by atoms with Crippen molar-refractivity contribution in [1.82, 2.24) is 19.7 Å². The molecule has 0 saturated heterocycles. The summed E-state index contributed by atoms with van der Waals surface area (Å²) >= 11 is 0. The summed E-state index contributed by atoms with van der Waals surface area (Å²) in [5.74, 6) is 1.68. The lowest BCUT2D eigenvalue weighted by Gasteiger charge is -2.11. The van der Waals surface area contributed by atoms with Crippen LogP contribution in [0.5, 0.6) is 0 Å². The van der Waals surface area contributed by atoms with Crippen molar-refractivity contribution in [2.45, 2.75) is 27.2 Å². The van der Waals surface area contributed by atoms with Crippen LogP contribution in [0, 0.1) is 6.92 Å². The van der Waals surface area contributed by atoms with E-state index in [0.717, 1.165) is 41.5 Å². The molecule has 0 amide bonds. The quantitative estimate of drug-likeness (QED) is 0.863. The minimum absolute atomic E-state index is 0.814. The second-order valence-corrected chi connectivity index (χ2v) is 4.37. The van der Waals surface area contributed by atoms with Crippen molar-refractivity contribution in [2.24, 2.45) is 7.05 Å². The average Bonchev–Trinajstić information content (AvgIpc) is 2.75. The van der Waals surface area contributed by atoms with Crippen LogP contribution in [0.3, 0.4) is 0 Å². The van der Waals surface area contributed by atoms with E-state index in [9.17, 15) is 0 Å². The molecule has 2 rings (SSSR count). The summed E-state index contributed by atoms with van der Waals surface area (Å²) in [6.07, 6.45) is 4.41. The maximum atomic E-state index is 4.41. The van der Waals surface area contributed by atoms with Gasteiger partial charge < -0.3 is 10.6 Å². The van der Waals surface area contributed by atoms with Crippen LogP contribution in [-0.2, 0) is 13.5 Å². The second kappa shape index (κ2) is 5.69. The average molecular weight is 260 g/mol.